The van der Waals surface area contributed by atoms with Crippen LogP contribution in [-0.4, -0.2) is 21.0 Å². The summed E-state index contributed by atoms with van der Waals surface area (Å²) in [6.07, 6.45) is 3.62. The van der Waals surface area contributed by atoms with Crippen LogP contribution >= 0.6 is 0 Å². The lowest BCUT2D eigenvalue weighted by atomic mass is 9.99. The second-order valence-corrected chi connectivity index (χ2v) is 7.15. The molecule has 0 atom stereocenters. The summed E-state index contributed by atoms with van der Waals surface area (Å²) in [4.78, 5) is 12.5. The van der Waals surface area contributed by atoms with Crippen molar-refractivity contribution in [3.8, 4) is 16.9 Å². The number of amides is 2. The summed E-state index contributed by atoms with van der Waals surface area (Å²) in [7, 11) is 0. The molecule has 2 heterocycles. The summed E-state index contributed by atoms with van der Waals surface area (Å²) < 4.78 is 7.16. The Balaban J connectivity index is 1.44. The predicted octanol–water partition coefficient (Wildman–Crippen LogP) is 4.77. The summed E-state index contributed by atoms with van der Waals surface area (Å²) in [6, 6.07) is 15.4. The molecule has 0 fully saturated rings. The first-order chi connectivity index (χ1) is 14.5. The van der Waals surface area contributed by atoms with E-state index in [2.05, 4.69) is 20.9 Å². The Morgan fingerprint density at radius 3 is 2.43 bits per heavy atom. The van der Waals surface area contributed by atoms with E-state index in [4.69, 9.17) is 4.52 Å². The first-order valence-corrected chi connectivity index (χ1v) is 9.69. The van der Waals surface area contributed by atoms with E-state index >= 15 is 0 Å². The number of rotatable bonds is 5. The van der Waals surface area contributed by atoms with Gasteiger partial charge < -0.3 is 15.2 Å². The zero-order chi connectivity index (χ0) is 21.1. The van der Waals surface area contributed by atoms with Gasteiger partial charge in [-0.25, -0.2) is 9.48 Å². The molecule has 152 valence electrons. The highest BCUT2D eigenvalue weighted by Crippen LogP contribution is 2.34. The van der Waals surface area contributed by atoms with Crippen molar-refractivity contribution in [1.82, 2.24) is 20.3 Å². The van der Waals surface area contributed by atoms with Crippen LogP contribution in [0, 0.1) is 20.8 Å². The van der Waals surface area contributed by atoms with Crippen molar-refractivity contribution in [2.24, 2.45) is 0 Å². The minimum absolute atomic E-state index is 0.315. The second kappa shape index (κ2) is 8.24. The van der Waals surface area contributed by atoms with E-state index in [-0.39, 0.29) is 6.03 Å². The molecule has 4 rings (SSSR count). The van der Waals surface area contributed by atoms with Crippen LogP contribution in [0.1, 0.15) is 22.5 Å². The maximum atomic E-state index is 12.5. The molecule has 2 amide bonds. The Morgan fingerprint density at radius 2 is 1.77 bits per heavy atom. The van der Waals surface area contributed by atoms with Gasteiger partial charge in [-0.15, -0.1) is 0 Å². The van der Waals surface area contributed by atoms with Gasteiger partial charge in [0.25, 0.3) is 0 Å². The van der Waals surface area contributed by atoms with Crippen LogP contribution in [0.25, 0.3) is 16.9 Å². The van der Waals surface area contributed by atoms with Gasteiger partial charge in [0.15, 0.2) is 5.76 Å². The highest BCUT2D eigenvalue weighted by atomic mass is 16.5. The molecule has 30 heavy (non-hydrogen) atoms. The molecule has 2 aromatic carbocycles. The molecule has 0 aliphatic heterocycles. The summed E-state index contributed by atoms with van der Waals surface area (Å²) in [5.74, 6) is 0.561. The number of aromatic nitrogens is 3. The summed E-state index contributed by atoms with van der Waals surface area (Å²) >= 11 is 0. The topological polar surface area (TPSA) is 85.0 Å². The van der Waals surface area contributed by atoms with Crippen molar-refractivity contribution >= 4 is 11.7 Å². The van der Waals surface area contributed by atoms with Gasteiger partial charge in [0.1, 0.15) is 11.4 Å². The Bertz CT molecular complexity index is 1140. The van der Waals surface area contributed by atoms with Crippen molar-refractivity contribution in [3.63, 3.8) is 0 Å². The van der Waals surface area contributed by atoms with Crippen LogP contribution in [0.15, 0.2) is 65.4 Å². The zero-order valence-electron chi connectivity index (χ0n) is 17.1. The molecule has 4 aromatic rings. The largest absolute Gasteiger partial charge is 0.359 e. The van der Waals surface area contributed by atoms with Gasteiger partial charge in [0, 0.05) is 24.5 Å². The lowest BCUT2D eigenvalue weighted by molar-refractivity contribution is 0.251. The Labute approximate surface area is 174 Å². The number of benzene rings is 2. The summed E-state index contributed by atoms with van der Waals surface area (Å²) in [6.45, 7) is 6.22. The normalized spacial score (nSPS) is 10.8. The van der Waals surface area contributed by atoms with Gasteiger partial charge in [-0.1, -0.05) is 35.5 Å². The van der Waals surface area contributed by atoms with Crippen molar-refractivity contribution in [2.45, 2.75) is 27.3 Å². The van der Waals surface area contributed by atoms with Crippen LogP contribution < -0.4 is 10.6 Å². The SMILES string of the molecule is Cc1cccc(C)c1-c1noc(C)c1NC(=O)NCc1ccc(-n2cccn2)cc1. The summed E-state index contributed by atoms with van der Waals surface area (Å²) in [5.41, 5.74) is 6.29. The second-order valence-electron chi connectivity index (χ2n) is 7.15. The van der Waals surface area contributed by atoms with Crippen LogP contribution in [0.5, 0.6) is 0 Å². The fourth-order valence-corrected chi connectivity index (χ4v) is 3.41. The summed E-state index contributed by atoms with van der Waals surface area (Å²) in [5, 5.41) is 14.2. The molecule has 7 nitrogen and oxygen atoms in total. The van der Waals surface area contributed by atoms with Crippen molar-refractivity contribution in [2.75, 3.05) is 5.32 Å². The van der Waals surface area contributed by atoms with E-state index in [1.165, 1.54) is 0 Å². The highest BCUT2D eigenvalue weighted by molar-refractivity contribution is 5.94. The highest BCUT2D eigenvalue weighted by Gasteiger charge is 2.19. The third-order valence-corrected chi connectivity index (χ3v) is 4.98. The van der Waals surface area contributed by atoms with Gasteiger partial charge in [-0.3, -0.25) is 0 Å². The minimum atomic E-state index is -0.315. The van der Waals surface area contributed by atoms with E-state index < -0.39 is 0 Å². The van der Waals surface area contributed by atoms with Crippen LogP contribution in [0.2, 0.25) is 0 Å². The van der Waals surface area contributed by atoms with E-state index in [0.717, 1.165) is 27.9 Å². The van der Waals surface area contributed by atoms with Gasteiger partial charge in [0.2, 0.25) is 0 Å². The van der Waals surface area contributed by atoms with E-state index in [0.29, 0.717) is 23.7 Å². The quantitative estimate of drug-likeness (QED) is 0.504. The molecular weight excluding hydrogens is 378 g/mol. The number of nitrogens with one attached hydrogen (secondary N) is 2. The molecule has 0 aliphatic carbocycles. The molecule has 0 spiro atoms. The van der Waals surface area contributed by atoms with Crippen molar-refractivity contribution < 1.29 is 9.32 Å². The molecule has 0 aliphatic rings. The average molecular weight is 401 g/mol. The number of carbonyl (C=O) groups is 1. The Kier molecular flexibility index (Phi) is 5.34. The van der Waals surface area contributed by atoms with Crippen molar-refractivity contribution in [1.29, 1.82) is 0 Å². The number of anilines is 1. The molecular formula is C23H23N5O2. The number of carbonyl (C=O) groups excluding carboxylic acids is 1. The van der Waals surface area contributed by atoms with Crippen LogP contribution in [-0.2, 0) is 6.54 Å². The molecule has 0 bridgehead atoms. The molecule has 2 aromatic heterocycles. The number of aryl methyl sites for hydroxylation is 3. The molecule has 2 N–H and O–H groups in total. The standard InChI is InChI=1S/C23H23N5O2/c1-15-6-4-7-16(2)20(15)22-21(17(3)30-27-22)26-23(29)24-14-18-8-10-19(11-9-18)28-13-5-12-25-28/h4-13H,14H2,1-3H3,(H2,24,26,29). The van der Waals surface area contributed by atoms with Gasteiger partial charge in [0.05, 0.1) is 5.69 Å². The molecule has 0 saturated carbocycles. The lowest BCUT2D eigenvalue weighted by Crippen LogP contribution is -2.28. The molecule has 0 radical (unpaired) electrons. The maximum Gasteiger partial charge on any atom is 0.319 e. The first kappa shape index (κ1) is 19.4. The fraction of sp³-hybridized carbons (Fsp3) is 0.174. The monoisotopic (exact) mass is 401 g/mol. The third kappa shape index (κ3) is 3.96. The number of nitrogens with zero attached hydrogens (tertiary/aromatic N) is 3. The van der Waals surface area contributed by atoms with E-state index in [9.17, 15) is 4.79 Å². The molecule has 0 saturated heterocycles. The third-order valence-electron chi connectivity index (χ3n) is 4.98. The van der Waals surface area contributed by atoms with E-state index in [1.54, 1.807) is 17.8 Å². The number of hydrogen-bond donors (Lipinski definition) is 2. The van der Waals surface area contributed by atoms with Gasteiger partial charge in [-0.05, 0) is 55.7 Å². The lowest BCUT2D eigenvalue weighted by Gasteiger charge is -2.11. The maximum absolute atomic E-state index is 12.5. The first-order valence-electron chi connectivity index (χ1n) is 9.69. The van der Waals surface area contributed by atoms with Gasteiger partial charge in [-0.2, -0.15) is 5.10 Å². The van der Waals surface area contributed by atoms with Crippen LogP contribution in [0.3, 0.4) is 0 Å². The van der Waals surface area contributed by atoms with Gasteiger partial charge >= 0.3 is 6.03 Å². The zero-order valence-corrected chi connectivity index (χ0v) is 17.1. The predicted molar refractivity (Wildman–Crippen MR) is 116 cm³/mol. The van der Waals surface area contributed by atoms with Crippen molar-refractivity contribution in [3.05, 3.63) is 83.4 Å². The molecule has 0 unspecified atom stereocenters. The fourth-order valence-electron chi connectivity index (χ4n) is 3.41. The smallest absolute Gasteiger partial charge is 0.319 e. The van der Waals surface area contributed by atoms with E-state index in [1.807, 2.05) is 68.6 Å². The number of hydrogen-bond acceptors (Lipinski definition) is 4. The Morgan fingerprint density at radius 1 is 1.03 bits per heavy atom. The van der Waals surface area contributed by atoms with Crippen LogP contribution in [0.4, 0.5) is 10.5 Å². The minimum Gasteiger partial charge on any atom is -0.359 e. The Hall–Kier alpha value is -3.87. The number of urea groups is 1. The average Bonchev–Trinajstić information content (AvgIpc) is 3.39. The molecule has 7 heteroatoms.